The second-order valence-corrected chi connectivity index (χ2v) is 5.37. The van der Waals surface area contributed by atoms with Crippen LogP contribution >= 0.6 is 11.8 Å². The van der Waals surface area contributed by atoms with E-state index in [0.29, 0.717) is 11.5 Å². The van der Waals surface area contributed by atoms with E-state index in [2.05, 4.69) is 10.1 Å². The molecule has 2 aromatic carbocycles. The molecule has 0 saturated carbocycles. The van der Waals surface area contributed by atoms with Crippen LogP contribution in [0, 0.1) is 17.1 Å². The standard InChI is InChI=1S/C16H11FN4S/c1-22-14-8-2-11(3-9-14)16-19-15(10-18)20-21(16)13-6-4-12(17)5-7-13/h2-9H,1H3. The molecule has 0 aliphatic heterocycles. The van der Waals surface area contributed by atoms with Gasteiger partial charge in [0.1, 0.15) is 11.9 Å². The van der Waals surface area contributed by atoms with Gasteiger partial charge in [-0.15, -0.1) is 16.9 Å². The first-order chi connectivity index (χ1) is 10.7. The second kappa shape index (κ2) is 6.00. The highest BCUT2D eigenvalue weighted by molar-refractivity contribution is 7.98. The zero-order valence-electron chi connectivity index (χ0n) is 11.7. The predicted octanol–water partition coefficient (Wildman–Crippen LogP) is 3.67. The molecule has 22 heavy (non-hydrogen) atoms. The summed E-state index contributed by atoms with van der Waals surface area (Å²) in [6.45, 7) is 0. The van der Waals surface area contributed by atoms with Gasteiger partial charge >= 0.3 is 0 Å². The van der Waals surface area contributed by atoms with E-state index in [0.717, 1.165) is 10.5 Å². The summed E-state index contributed by atoms with van der Waals surface area (Å²) in [5.41, 5.74) is 1.50. The summed E-state index contributed by atoms with van der Waals surface area (Å²) >= 11 is 1.65. The van der Waals surface area contributed by atoms with Crippen LogP contribution in [0.25, 0.3) is 17.1 Å². The highest BCUT2D eigenvalue weighted by Crippen LogP contribution is 2.24. The lowest BCUT2D eigenvalue weighted by atomic mass is 10.2. The molecule has 0 radical (unpaired) electrons. The van der Waals surface area contributed by atoms with E-state index in [4.69, 9.17) is 5.26 Å². The minimum atomic E-state index is -0.324. The van der Waals surface area contributed by atoms with Crippen LogP contribution in [0.1, 0.15) is 5.82 Å². The number of halogens is 1. The van der Waals surface area contributed by atoms with Crippen LogP contribution in [-0.4, -0.2) is 21.0 Å². The smallest absolute Gasteiger partial charge is 0.212 e. The Morgan fingerprint density at radius 2 is 1.77 bits per heavy atom. The molecule has 3 rings (SSSR count). The highest BCUT2D eigenvalue weighted by atomic mass is 32.2. The summed E-state index contributed by atoms with van der Waals surface area (Å²) in [5, 5.41) is 13.2. The van der Waals surface area contributed by atoms with Gasteiger partial charge in [-0.05, 0) is 42.7 Å². The van der Waals surface area contributed by atoms with Crippen molar-refractivity contribution in [3.05, 3.63) is 60.2 Å². The van der Waals surface area contributed by atoms with Gasteiger partial charge in [0, 0.05) is 10.5 Å². The maximum absolute atomic E-state index is 13.1. The van der Waals surface area contributed by atoms with E-state index in [1.165, 1.54) is 12.1 Å². The topological polar surface area (TPSA) is 54.5 Å². The van der Waals surface area contributed by atoms with Crippen molar-refractivity contribution in [2.75, 3.05) is 6.26 Å². The van der Waals surface area contributed by atoms with E-state index in [9.17, 15) is 4.39 Å². The molecule has 0 bridgehead atoms. The molecule has 0 fully saturated rings. The van der Waals surface area contributed by atoms with Crippen molar-refractivity contribution in [3.8, 4) is 23.1 Å². The van der Waals surface area contributed by atoms with Crippen LogP contribution in [0.5, 0.6) is 0 Å². The van der Waals surface area contributed by atoms with E-state index < -0.39 is 0 Å². The number of hydrogen-bond acceptors (Lipinski definition) is 4. The number of aromatic nitrogens is 3. The fourth-order valence-corrected chi connectivity index (χ4v) is 2.46. The molecule has 4 nitrogen and oxygen atoms in total. The summed E-state index contributed by atoms with van der Waals surface area (Å²) in [6.07, 6.45) is 2.00. The van der Waals surface area contributed by atoms with Crippen molar-refractivity contribution in [2.45, 2.75) is 4.90 Å². The number of benzene rings is 2. The van der Waals surface area contributed by atoms with Crippen LogP contribution in [0.4, 0.5) is 4.39 Å². The minimum Gasteiger partial charge on any atom is -0.212 e. The van der Waals surface area contributed by atoms with Crippen molar-refractivity contribution in [1.29, 1.82) is 5.26 Å². The lowest BCUT2D eigenvalue weighted by Crippen LogP contribution is -1.99. The number of hydrogen-bond donors (Lipinski definition) is 0. The van der Waals surface area contributed by atoms with E-state index in [-0.39, 0.29) is 11.6 Å². The summed E-state index contributed by atoms with van der Waals surface area (Å²) in [7, 11) is 0. The average molecular weight is 310 g/mol. The van der Waals surface area contributed by atoms with Crippen LogP contribution < -0.4 is 0 Å². The molecule has 0 atom stereocenters. The third-order valence-corrected chi connectivity index (χ3v) is 3.87. The van der Waals surface area contributed by atoms with Gasteiger partial charge < -0.3 is 0 Å². The first-order valence-corrected chi connectivity index (χ1v) is 7.71. The van der Waals surface area contributed by atoms with Gasteiger partial charge in [-0.3, -0.25) is 0 Å². The first kappa shape index (κ1) is 14.3. The number of thioether (sulfide) groups is 1. The molecule has 0 spiro atoms. The van der Waals surface area contributed by atoms with Gasteiger partial charge in [0.15, 0.2) is 5.82 Å². The second-order valence-electron chi connectivity index (χ2n) is 4.49. The van der Waals surface area contributed by atoms with Gasteiger partial charge in [-0.1, -0.05) is 12.1 Å². The van der Waals surface area contributed by atoms with Crippen molar-refractivity contribution in [3.63, 3.8) is 0 Å². The van der Waals surface area contributed by atoms with Crippen molar-refractivity contribution in [1.82, 2.24) is 14.8 Å². The van der Waals surface area contributed by atoms with Crippen LogP contribution in [0.3, 0.4) is 0 Å². The van der Waals surface area contributed by atoms with E-state index in [1.807, 2.05) is 36.6 Å². The SMILES string of the molecule is CSc1ccc(-c2nc(C#N)nn2-c2ccc(F)cc2)cc1. The Bertz CT molecular complexity index is 832. The Morgan fingerprint density at radius 3 is 2.36 bits per heavy atom. The minimum absolute atomic E-state index is 0.0771. The van der Waals surface area contributed by atoms with Gasteiger partial charge in [0.25, 0.3) is 5.82 Å². The molecule has 0 saturated heterocycles. The monoisotopic (exact) mass is 310 g/mol. The van der Waals surface area contributed by atoms with E-state index in [1.54, 1.807) is 28.6 Å². The Hall–Kier alpha value is -2.65. The maximum Gasteiger partial charge on any atom is 0.253 e. The molecular weight excluding hydrogens is 299 g/mol. The van der Waals surface area contributed by atoms with Gasteiger partial charge in [-0.25, -0.2) is 9.07 Å². The molecule has 0 amide bonds. The zero-order chi connectivity index (χ0) is 15.5. The molecule has 1 aromatic heterocycles. The molecule has 0 N–H and O–H groups in total. The zero-order valence-corrected chi connectivity index (χ0v) is 12.5. The third-order valence-electron chi connectivity index (χ3n) is 3.13. The van der Waals surface area contributed by atoms with Crippen molar-refractivity contribution >= 4 is 11.8 Å². The molecule has 1 heterocycles. The normalized spacial score (nSPS) is 10.4. The summed E-state index contributed by atoms with van der Waals surface area (Å²) < 4.78 is 14.6. The molecule has 3 aromatic rings. The summed E-state index contributed by atoms with van der Waals surface area (Å²) in [4.78, 5) is 5.38. The Kier molecular flexibility index (Phi) is 3.90. The van der Waals surface area contributed by atoms with Gasteiger partial charge in [0.2, 0.25) is 0 Å². The summed E-state index contributed by atoms with van der Waals surface area (Å²) in [5.74, 6) is 0.305. The van der Waals surface area contributed by atoms with E-state index >= 15 is 0 Å². The van der Waals surface area contributed by atoms with Crippen LogP contribution in [0.2, 0.25) is 0 Å². The van der Waals surface area contributed by atoms with Crippen molar-refractivity contribution < 1.29 is 4.39 Å². The average Bonchev–Trinajstić information content (AvgIpc) is 3.00. The van der Waals surface area contributed by atoms with Crippen molar-refractivity contribution in [2.24, 2.45) is 0 Å². The fraction of sp³-hybridized carbons (Fsp3) is 0.0625. The first-order valence-electron chi connectivity index (χ1n) is 6.49. The Balaban J connectivity index is 2.12. The maximum atomic E-state index is 13.1. The van der Waals surface area contributed by atoms with Crippen LogP contribution in [-0.2, 0) is 0 Å². The molecule has 0 aliphatic carbocycles. The number of nitrogens with zero attached hydrogens (tertiary/aromatic N) is 4. The molecule has 0 aliphatic rings. The van der Waals surface area contributed by atoms with Gasteiger partial charge in [0.05, 0.1) is 5.69 Å². The highest BCUT2D eigenvalue weighted by Gasteiger charge is 2.13. The fourth-order valence-electron chi connectivity index (χ4n) is 2.05. The quantitative estimate of drug-likeness (QED) is 0.693. The predicted molar refractivity (Wildman–Crippen MR) is 83.2 cm³/mol. The third kappa shape index (κ3) is 2.71. The molecule has 6 heteroatoms. The number of nitriles is 1. The molecular formula is C16H11FN4S. The lowest BCUT2D eigenvalue weighted by Gasteiger charge is -2.06. The van der Waals surface area contributed by atoms with Gasteiger partial charge in [-0.2, -0.15) is 10.2 Å². The van der Waals surface area contributed by atoms with Crippen LogP contribution in [0.15, 0.2) is 53.4 Å². The lowest BCUT2D eigenvalue weighted by molar-refractivity contribution is 0.627. The number of rotatable bonds is 3. The molecule has 108 valence electrons. The largest absolute Gasteiger partial charge is 0.253 e. The Labute approximate surface area is 131 Å². The summed E-state index contributed by atoms with van der Waals surface area (Å²) in [6, 6.07) is 15.7. The molecule has 0 unspecified atom stereocenters. The Morgan fingerprint density at radius 1 is 1.09 bits per heavy atom.